The van der Waals surface area contributed by atoms with Gasteiger partial charge in [0.2, 0.25) is 0 Å². The molecule has 0 radical (unpaired) electrons. The van der Waals surface area contributed by atoms with Crippen molar-refractivity contribution in [2.45, 2.75) is 26.7 Å². The van der Waals surface area contributed by atoms with Crippen molar-refractivity contribution >= 4 is 27.3 Å². The summed E-state index contributed by atoms with van der Waals surface area (Å²) in [6.07, 6.45) is 2.25. The molecule has 0 aliphatic rings. The molecule has 0 saturated heterocycles. The minimum absolute atomic E-state index is 0.312. The first-order valence-electron chi connectivity index (χ1n) is 5.59. The van der Waals surface area contributed by atoms with Crippen molar-refractivity contribution in [3.63, 3.8) is 0 Å². The van der Waals surface area contributed by atoms with Crippen LogP contribution in [0.25, 0.3) is 0 Å². The Morgan fingerprint density at radius 3 is 2.62 bits per heavy atom. The van der Waals surface area contributed by atoms with Gasteiger partial charge in [0.15, 0.2) is 0 Å². The molecule has 2 N–H and O–H groups in total. The molecule has 0 aromatic heterocycles. The molecule has 0 aliphatic carbocycles. The smallest absolute Gasteiger partial charge is 0.139 e. The number of hydrogen-bond donors (Lipinski definition) is 1. The maximum atomic E-state index is 13.2. The lowest BCUT2D eigenvalue weighted by Gasteiger charge is -2.24. The molecule has 0 amide bonds. The van der Waals surface area contributed by atoms with Crippen LogP contribution in [0.3, 0.4) is 0 Å². The molecule has 1 aromatic carbocycles. The van der Waals surface area contributed by atoms with Gasteiger partial charge >= 0.3 is 0 Å². The number of anilines is 2. The topological polar surface area (TPSA) is 29.3 Å². The van der Waals surface area contributed by atoms with Crippen LogP contribution < -0.4 is 10.6 Å². The molecule has 0 bridgehead atoms. The number of nitrogens with zero attached hydrogens (tertiary/aromatic N) is 1. The molecule has 90 valence electrons. The highest BCUT2D eigenvalue weighted by Gasteiger charge is 2.11. The third kappa shape index (κ3) is 3.11. The van der Waals surface area contributed by atoms with E-state index in [9.17, 15) is 4.39 Å². The first-order valence-corrected chi connectivity index (χ1v) is 6.38. The lowest BCUT2D eigenvalue weighted by molar-refractivity contribution is 0.621. The van der Waals surface area contributed by atoms with Gasteiger partial charge in [-0.3, -0.25) is 0 Å². The predicted octanol–water partition coefficient (Wildman–Crippen LogP) is 3.80. The SMILES string of the molecule is CCCCN(CC)c1cc(Br)c(F)cc1N. The first kappa shape index (κ1) is 13.3. The number of benzene rings is 1. The summed E-state index contributed by atoms with van der Waals surface area (Å²) in [6, 6.07) is 3.12. The molecule has 0 aliphatic heterocycles. The monoisotopic (exact) mass is 288 g/mol. The molecule has 0 unspecified atom stereocenters. The van der Waals surface area contributed by atoms with Crippen LogP contribution in [0.15, 0.2) is 16.6 Å². The van der Waals surface area contributed by atoms with Gasteiger partial charge in [-0.05, 0) is 35.3 Å². The molecular formula is C12H18BrFN2. The standard InChI is InChI=1S/C12H18BrFN2/c1-3-5-6-16(4-2)12-7-9(13)10(14)8-11(12)15/h7-8H,3-6,15H2,1-2H3. The van der Waals surface area contributed by atoms with Crippen LogP contribution in [0.4, 0.5) is 15.8 Å². The lowest BCUT2D eigenvalue weighted by atomic mass is 10.2. The highest BCUT2D eigenvalue weighted by Crippen LogP contribution is 2.29. The van der Waals surface area contributed by atoms with Crippen LogP contribution >= 0.6 is 15.9 Å². The van der Waals surface area contributed by atoms with Crippen LogP contribution in [0, 0.1) is 5.82 Å². The van der Waals surface area contributed by atoms with Gasteiger partial charge in [-0.15, -0.1) is 0 Å². The summed E-state index contributed by atoms with van der Waals surface area (Å²) in [5.74, 6) is -0.312. The number of nitrogen functional groups attached to an aromatic ring is 1. The Labute approximate surface area is 105 Å². The molecule has 2 nitrogen and oxygen atoms in total. The summed E-state index contributed by atoms with van der Waals surface area (Å²) in [6.45, 7) is 6.06. The minimum Gasteiger partial charge on any atom is -0.397 e. The fourth-order valence-corrected chi connectivity index (χ4v) is 1.95. The Bertz CT molecular complexity index is 355. The number of rotatable bonds is 5. The van der Waals surface area contributed by atoms with Crippen LogP contribution in [-0.4, -0.2) is 13.1 Å². The number of unbranched alkanes of at least 4 members (excludes halogenated alkanes) is 1. The van der Waals surface area contributed by atoms with Gasteiger partial charge in [0.1, 0.15) is 5.82 Å². The highest BCUT2D eigenvalue weighted by molar-refractivity contribution is 9.10. The zero-order chi connectivity index (χ0) is 12.1. The Kier molecular flexibility index (Phi) is 5.06. The predicted molar refractivity (Wildman–Crippen MR) is 71.3 cm³/mol. The third-order valence-corrected chi connectivity index (χ3v) is 3.18. The molecule has 0 saturated carbocycles. The molecule has 1 aromatic rings. The highest BCUT2D eigenvalue weighted by atomic mass is 79.9. The summed E-state index contributed by atoms with van der Waals surface area (Å²) in [4.78, 5) is 2.17. The van der Waals surface area contributed by atoms with E-state index >= 15 is 0 Å². The van der Waals surface area contributed by atoms with Gasteiger partial charge in [0.05, 0.1) is 15.8 Å². The second kappa shape index (κ2) is 6.09. The van der Waals surface area contributed by atoms with E-state index < -0.39 is 0 Å². The van der Waals surface area contributed by atoms with Crippen LogP contribution in [0.2, 0.25) is 0 Å². The van der Waals surface area contributed by atoms with E-state index in [0.29, 0.717) is 10.2 Å². The van der Waals surface area contributed by atoms with E-state index in [2.05, 4.69) is 34.7 Å². The average molecular weight is 289 g/mol. The molecule has 1 rings (SSSR count). The Hall–Kier alpha value is -0.770. The molecule has 0 atom stereocenters. The molecule has 0 fully saturated rings. The summed E-state index contributed by atoms with van der Waals surface area (Å²) in [7, 11) is 0. The molecule has 16 heavy (non-hydrogen) atoms. The van der Waals surface area contributed by atoms with Crippen LogP contribution in [-0.2, 0) is 0 Å². The number of hydrogen-bond acceptors (Lipinski definition) is 2. The van der Waals surface area contributed by atoms with Gasteiger partial charge in [0, 0.05) is 19.2 Å². The van der Waals surface area contributed by atoms with E-state index in [1.54, 1.807) is 6.07 Å². The van der Waals surface area contributed by atoms with Gasteiger partial charge < -0.3 is 10.6 Å². The van der Waals surface area contributed by atoms with E-state index in [1.165, 1.54) is 6.07 Å². The number of halogens is 2. The fourth-order valence-electron chi connectivity index (χ4n) is 1.62. The first-order chi connectivity index (χ1) is 7.60. The van der Waals surface area contributed by atoms with Gasteiger partial charge in [-0.2, -0.15) is 0 Å². The maximum Gasteiger partial charge on any atom is 0.139 e. The van der Waals surface area contributed by atoms with Crippen molar-refractivity contribution in [1.29, 1.82) is 0 Å². The Balaban J connectivity index is 2.95. The molecular weight excluding hydrogens is 271 g/mol. The van der Waals surface area contributed by atoms with Crippen molar-refractivity contribution < 1.29 is 4.39 Å². The van der Waals surface area contributed by atoms with E-state index in [0.717, 1.165) is 31.6 Å². The average Bonchev–Trinajstić information content (AvgIpc) is 2.26. The summed E-state index contributed by atoms with van der Waals surface area (Å²) < 4.78 is 13.7. The third-order valence-electron chi connectivity index (χ3n) is 2.57. The minimum atomic E-state index is -0.312. The van der Waals surface area contributed by atoms with Crippen molar-refractivity contribution in [3.05, 3.63) is 22.4 Å². The summed E-state index contributed by atoms with van der Waals surface area (Å²) in [5.41, 5.74) is 7.24. The van der Waals surface area contributed by atoms with Gasteiger partial charge in [-0.25, -0.2) is 4.39 Å². The van der Waals surface area contributed by atoms with Crippen molar-refractivity contribution in [1.82, 2.24) is 0 Å². The summed E-state index contributed by atoms with van der Waals surface area (Å²) in [5, 5.41) is 0. The van der Waals surface area contributed by atoms with Gasteiger partial charge in [0.25, 0.3) is 0 Å². The second-order valence-corrected chi connectivity index (χ2v) is 4.61. The maximum absolute atomic E-state index is 13.2. The largest absolute Gasteiger partial charge is 0.397 e. The second-order valence-electron chi connectivity index (χ2n) is 3.76. The van der Waals surface area contributed by atoms with Crippen molar-refractivity contribution in [2.75, 3.05) is 23.7 Å². The molecule has 4 heteroatoms. The van der Waals surface area contributed by atoms with Crippen LogP contribution in [0.1, 0.15) is 26.7 Å². The fraction of sp³-hybridized carbons (Fsp3) is 0.500. The van der Waals surface area contributed by atoms with Crippen molar-refractivity contribution in [3.8, 4) is 0 Å². The quantitative estimate of drug-likeness (QED) is 0.835. The Morgan fingerprint density at radius 2 is 2.06 bits per heavy atom. The molecule has 0 heterocycles. The molecule has 0 spiro atoms. The summed E-state index contributed by atoms with van der Waals surface area (Å²) >= 11 is 3.19. The Morgan fingerprint density at radius 1 is 1.38 bits per heavy atom. The normalized spacial score (nSPS) is 10.5. The van der Waals surface area contributed by atoms with Gasteiger partial charge in [-0.1, -0.05) is 13.3 Å². The van der Waals surface area contributed by atoms with E-state index in [4.69, 9.17) is 5.73 Å². The number of nitrogens with two attached hydrogens (primary N) is 1. The lowest BCUT2D eigenvalue weighted by Crippen LogP contribution is -2.24. The van der Waals surface area contributed by atoms with E-state index in [-0.39, 0.29) is 5.82 Å². The van der Waals surface area contributed by atoms with Crippen molar-refractivity contribution in [2.24, 2.45) is 0 Å². The zero-order valence-electron chi connectivity index (χ0n) is 9.76. The van der Waals surface area contributed by atoms with E-state index in [1.807, 2.05) is 0 Å². The van der Waals surface area contributed by atoms with Crippen LogP contribution in [0.5, 0.6) is 0 Å². The zero-order valence-corrected chi connectivity index (χ0v) is 11.3.